The number of nitrogen functional groups attached to an aromatic ring is 1. The average molecular weight is 715 g/mol. The highest BCUT2D eigenvalue weighted by atomic mass is 31.3. The van der Waals surface area contributed by atoms with Gasteiger partial charge in [0.15, 0.2) is 17.7 Å². The van der Waals surface area contributed by atoms with Crippen molar-refractivity contribution in [2.24, 2.45) is 0 Å². The third kappa shape index (κ3) is 7.70. The van der Waals surface area contributed by atoms with E-state index < -0.39 is 84.8 Å². The van der Waals surface area contributed by atoms with Gasteiger partial charge in [0.2, 0.25) is 0 Å². The van der Waals surface area contributed by atoms with Crippen molar-refractivity contribution in [3.05, 3.63) is 45.3 Å². The number of nitrogens with one attached hydrogen (secondary N) is 1. The number of aromatic nitrogens is 6. The summed E-state index contributed by atoms with van der Waals surface area (Å²) in [4.78, 5) is 67.2. The smallest absolute Gasteiger partial charge is 0.387 e. The van der Waals surface area contributed by atoms with Gasteiger partial charge in [0.1, 0.15) is 36.4 Å². The number of nitrogens with zero attached hydrogens (tertiary/aromatic N) is 5. The van der Waals surface area contributed by atoms with Crippen molar-refractivity contribution in [1.29, 1.82) is 0 Å². The molecule has 0 spiro atoms. The van der Waals surface area contributed by atoms with Crippen LogP contribution in [0.4, 0.5) is 5.82 Å². The number of H-pyrrole nitrogens is 1. The van der Waals surface area contributed by atoms with Crippen molar-refractivity contribution in [1.82, 2.24) is 29.1 Å². The third-order valence-corrected chi connectivity index (χ3v) is 11.0. The minimum atomic E-state index is -5.83. The van der Waals surface area contributed by atoms with Crippen LogP contribution in [0.5, 0.6) is 0 Å². The highest BCUT2D eigenvalue weighted by Crippen LogP contribution is 2.67. The molecule has 8 N–H and O–H groups in total. The van der Waals surface area contributed by atoms with Gasteiger partial charge in [-0.3, -0.25) is 28.0 Å². The zero-order chi connectivity index (χ0) is 33.6. The van der Waals surface area contributed by atoms with Crippen LogP contribution in [-0.4, -0.2) is 91.6 Å². The number of phosphoric ester groups is 2. The highest BCUT2D eigenvalue weighted by Gasteiger charge is 2.47. The lowest BCUT2D eigenvalue weighted by Gasteiger charge is -2.21. The predicted octanol–water partition coefficient (Wildman–Crippen LogP) is -1.07. The molecule has 2 aliphatic heterocycles. The maximum atomic E-state index is 12.4. The molecule has 5 rings (SSSR count). The number of hydrogen-bond acceptors (Lipinski definition) is 17. The van der Waals surface area contributed by atoms with Gasteiger partial charge in [-0.15, -0.1) is 0 Å². The summed E-state index contributed by atoms with van der Waals surface area (Å²) in [6, 6.07) is 0. The van der Waals surface area contributed by atoms with Crippen LogP contribution in [0.15, 0.2) is 28.4 Å². The first-order valence-electron chi connectivity index (χ1n) is 13.1. The number of imidazole rings is 1. The molecule has 23 nitrogen and oxygen atoms in total. The summed E-state index contributed by atoms with van der Waals surface area (Å²) < 4.78 is 67.8. The molecule has 0 radical (unpaired) electrons. The Labute approximate surface area is 256 Å². The van der Waals surface area contributed by atoms with Gasteiger partial charge >= 0.3 is 29.2 Å². The van der Waals surface area contributed by atoms with Crippen LogP contribution >= 0.6 is 23.5 Å². The lowest BCUT2D eigenvalue weighted by Crippen LogP contribution is -2.33. The van der Waals surface area contributed by atoms with Crippen molar-refractivity contribution in [3.63, 3.8) is 0 Å². The summed E-state index contributed by atoms with van der Waals surface area (Å²) in [5, 5.41) is 20.9. The van der Waals surface area contributed by atoms with Crippen molar-refractivity contribution < 1.29 is 65.7 Å². The van der Waals surface area contributed by atoms with E-state index in [0.29, 0.717) is 0 Å². The maximum absolute atomic E-state index is 12.4. The van der Waals surface area contributed by atoms with Gasteiger partial charge in [-0.1, -0.05) is 0 Å². The molecule has 9 atom stereocenters. The minimum Gasteiger partial charge on any atom is -0.387 e. The van der Waals surface area contributed by atoms with Crippen LogP contribution in [0.2, 0.25) is 0 Å². The van der Waals surface area contributed by atoms with Crippen LogP contribution in [0.25, 0.3) is 11.2 Å². The number of ether oxygens (including phenoxy) is 2. The van der Waals surface area contributed by atoms with Gasteiger partial charge in [-0.25, -0.2) is 33.4 Å². The number of phosphoric acid groups is 3. The Morgan fingerprint density at radius 3 is 2.33 bits per heavy atom. The molecule has 0 aliphatic carbocycles. The first-order chi connectivity index (χ1) is 21.5. The van der Waals surface area contributed by atoms with Crippen molar-refractivity contribution >= 4 is 40.4 Å². The number of nitrogens with two attached hydrogens (primary N) is 1. The predicted molar refractivity (Wildman–Crippen MR) is 148 cm³/mol. The molecule has 46 heavy (non-hydrogen) atoms. The lowest BCUT2D eigenvalue weighted by molar-refractivity contribution is -0.0503. The number of aliphatic hydroxyl groups is 2. The summed E-state index contributed by atoms with van der Waals surface area (Å²) in [5.74, 6) is 0.0275. The number of hydrogen-bond donors (Lipinski definition) is 7. The summed E-state index contributed by atoms with van der Waals surface area (Å²) in [7, 11) is -16.8. The Balaban J connectivity index is 1.12. The molecule has 254 valence electrons. The number of aliphatic hydroxyl groups excluding tert-OH is 2. The molecule has 0 aromatic carbocycles. The first kappa shape index (κ1) is 34.6. The molecule has 0 bridgehead atoms. The zero-order valence-electron chi connectivity index (χ0n) is 23.4. The van der Waals surface area contributed by atoms with Crippen molar-refractivity contribution in [2.75, 3.05) is 18.9 Å². The fourth-order valence-corrected chi connectivity index (χ4v) is 8.18. The molecule has 3 unspecified atom stereocenters. The Kier molecular flexibility index (Phi) is 9.82. The van der Waals surface area contributed by atoms with Gasteiger partial charge in [0.25, 0.3) is 5.56 Å². The molecule has 3 aromatic heterocycles. The van der Waals surface area contributed by atoms with Gasteiger partial charge in [0.05, 0.1) is 25.6 Å². The first-order valence-corrected chi connectivity index (χ1v) is 17.6. The van der Waals surface area contributed by atoms with Crippen LogP contribution < -0.4 is 17.0 Å². The molecule has 3 aromatic rings. The van der Waals surface area contributed by atoms with E-state index in [1.165, 1.54) is 24.0 Å². The number of aryl methyl sites for hydroxylation is 1. The summed E-state index contributed by atoms with van der Waals surface area (Å²) in [6.07, 6.45) is -3.90. The zero-order valence-corrected chi connectivity index (χ0v) is 26.1. The number of anilines is 1. The normalized spacial score (nSPS) is 29.0. The molecule has 26 heteroatoms. The van der Waals surface area contributed by atoms with Gasteiger partial charge < -0.3 is 40.1 Å². The Bertz CT molecular complexity index is 1870. The molecule has 0 amide bonds. The second-order valence-electron chi connectivity index (χ2n) is 10.1. The van der Waals surface area contributed by atoms with E-state index >= 15 is 0 Å². The van der Waals surface area contributed by atoms with E-state index in [-0.39, 0.29) is 35.4 Å². The topological polar surface area (TPSA) is 332 Å². The van der Waals surface area contributed by atoms with Crippen LogP contribution in [0, 0.1) is 6.92 Å². The number of rotatable bonds is 12. The summed E-state index contributed by atoms with van der Waals surface area (Å²) in [5.41, 5.74) is 4.94. The highest BCUT2D eigenvalue weighted by molar-refractivity contribution is 7.66. The largest absolute Gasteiger partial charge is 0.490 e. The van der Waals surface area contributed by atoms with Crippen molar-refractivity contribution in [2.45, 2.75) is 56.6 Å². The van der Waals surface area contributed by atoms with E-state index in [4.69, 9.17) is 15.2 Å². The van der Waals surface area contributed by atoms with Crippen LogP contribution in [-0.2, 0) is 40.8 Å². The fourth-order valence-electron chi connectivity index (χ4n) is 4.63. The van der Waals surface area contributed by atoms with Crippen LogP contribution in [0.1, 0.15) is 30.9 Å². The molecule has 2 fully saturated rings. The van der Waals surface area contributed by atoms with Crippen molar-refractivity contribution in [3.8, 4) is 0 Å². The minimum absolute atomic E-state index is 0.0275. The monoisotopic (exact) mass is 715 g/mol. The summed E-state index contributed by atoms with van der Waals surface area (Å²) in [6.45, 7) is -0.198. The van der Waals surface area contributed by atoms with Gasteiger partial charge in [0, 0.05) is 11.8 Å². The lowest BCUT2D eigenvalue weighted by atomic mass is 10.1. The number of aromatic amines is 1. The molecule has 0 saturated carbocycles. The standard InChI is InChI=1S/C20H28N7O16P3/c1-9-4-26(20(31)25-18(9)30)12-3-2-10(40-12)5-38-44(32,33)42-46(36,37)43-45(34,35)39-6-11-14(28)15(29)19(41-11)27-8-24-13-16(21)22-7-23-17(13)27/h4,7-8,10-12,14-15,19,28-29H,2-3,5-6H2,1H3,(H,32,33)(H,34,35)(H,36,37)(H2,21,22,23)(H,25,30,31)/t10-,11+,12+,14+,15+,19+/m0/s1. The average Bonchev–Trinajstić information content (AvgIpc) is 3.66. The van der Waals surface area contributed by atoms with E-state index in [0.717, 1.165) is 10.9 Å². The molecule has 2 saturated heterocycles. The quantitative estimate of drug-likeness (QED) is 0.110. The Morgan fingerprint density at radius 1 is 0.957 bits per heavy atom. The summed E-state index contributed by atoms with van der Waals surface area (Å²) >= 11 is 0. The fraction of sp³-hybridized carbons (Fsp3) is 0.550. The van der Waals surface area contributed by atoms with Gasteiger partial charge in [-0.2, -0.15) is 8.62 Å². The Morgan fingerprint density at radius 2 is 1.63 bits per heavy atom. The molecule has 2 aliphatic rings. The second kappa shape index (κ2) is 13.1. The maximum Gasteiger partial charge on any atom is 0.490 e. The molecular formula is C20H28N7O16P3. The van der Waals surface area contributed by atoms with E-state index in [2.05, 4.69) is 37.6 Å². The van der Waals surface area contributed by atoms with Crippen LogP contribution in [0.3, 0.4) is 0 Å². The SMILES string of the molecule is Cc1cn([C@H]2CC[C@@H](COP(=O)(O)OP(=O)(O)OP(=O)(O)OC[C@H]3O[C@@H](n4cnc5c(N)ncnc54)[C@H](O)[C@@H]3O)O2)c(=O)[nH]c1=O. The molecular weight excluding hydrogens is 687 g/mol. The van der Waals surface area contributed by atoms with E-state index in [1.54, 1.807) is 0 Å². The van der Waals surface area contributed by atoms with E-state index in [9.17, 15) is 48.2 Å². The van der Waals surface area contributed by atoms with Gasteiger partial charge in [-0.05, 0) is 19.8 Å². The third-order valence-electron chi connectivity index (χ3n) is 6.78. The molecule has 5 heterocycles. The second-order valence-corrected chi connectivity index (χ2v) is 14.7. The number of fused-ring (bicyclic) bond motifs is 1. The Hall–Kier alpha value is -2.72. The van der Waals surface area contributed by atoms with E-state index in [1.807, 2.05) is 0 Å².